The number of nitrogens with zero attached hydrogens (tertiary/aromatic N) is 2. The first-order chi connectivity index (χ1) is 8.20. The van der Waals surface area contributed by atoms with Crippen LogP contribution >= 0.6 is 0 Å². The van der Waals surface area contributed by atoms with Crippen LogP contribution in [0.5, 0.6) is 0 Å². The number of carbonyl (C=O) groups excluding carboxylic acids is 1. The maximum absolute atomic E-state index is 11.8. The zero-order valence-corrected chi connectivity index (χ0v) is 9.19. The summed E-state index contributed by atoms with van der Waals surface area (Å²) in [6.07, 6.45) is 1.63. The standard InChI is InChI=1S/C12H10N4O/c1-8-7-14-16-11(8)15-12(17)10-4-2-9(6-13)3-5-10/h2-5,7H,1H3,(H2,14,15,16,17). The first-order valence-corrected chi connectivity index (χ1v) is 5.02. The number of anilines is 1. The number of hydrogen-bond donors (Lipinski definition) is 2. The van der Waals surface area contributed by atoms with E-state index in [4.69, 9.17) is 5.26 Å². The van der Waals surface area contributed by atoms with Gasteiger partial charge in [0.1, 0.15) is 5.82 Å². The minimum absolute atomic E-state index is 0.234. The van der Waals surface area contributed by atoms with E-state index in [1.165, 1.54) is 0 Å². The van der Waals surface area contributed by atoms with Crippen LogP contribution in [0, 0.1) is 18.3 Å². The number of aryl methyl sites for hydroxylation is 1. The summed E-state index contributed by atoms with van der Waals surface area (Å²) in [7, 11) is 0. The van der Waals surface area contributed by atoms with E-state index in [9.17, 15) is 4.79 Å². The van der Waals surface area contributed by atoms with Gasteiger partial charge in [0.15, 0.2) is 0 Å². The van der Waals surface area contributed by atoms with Gasteiger partial charge in [0.05, 0.1) is 17.8 Å². The average molecular weight is 226 g/mol. The minimum atomic E-state index is -0.234. The van der Waals surface area contributed by atoms with Crippen molar-refractivity contribution in [1.29, 1.82) is 5.26 Å². The smallest absolute Gasteiger partial charge is 0.256 e. The molecule has 0 fully saturated rings. The molecule has 0 saturated heterocycles. The Morgan fingerprint density at radius 1 is 1.41 bits per heavy atom. The highest BCUT2D eigenvalue weighted by Gasteiger charge is 2.08. The van der Waals surface area contributed by atoms with Crippen LogP contribution in [-0.2, 0) is 0 Å². The molecule has 2 rings (SSSR count). The van der Waals surface area contributed by atoms with Crippen molar-refractivity contribution in [3.8, 4) is 6.07 Å². The number of hydrogen-bond acceptors (Lipinski definition) is 3. The Labute approximate surface area is 98.1 Å². The van der Waals surface area contributed by atoms with Crippen LogP contribution in [0.25, 0.3) is 0 Å². The second kappa shape index (κ2) is 4.49. The zero-order valence-electron chi connectivity index (χ0n) is 9.19. The molecule has 0 atom stereocenters. The molecule has 84 valence electrons. The number of carbonyl (C=O) groups is 1. The van der Waals surface area contributed by atoms with Gasteiger partial charge in [-0.1, -0.05) is 0 Å². The fourth-order valence-corrected chi connectivity index (χ4v) is 1.35. The highest BCUT2D eigenvalue weighted by atomic mass is 16.1. The van der Waals surface area contributed by atoms with Crippen LogP contribution < -0.4 is 5.32 Å². The number of aromatic nitrogens is 2. The molecule has 0 spiro atoms. The first-order valence-electron chi connectivity index (χ1n) is 5.02. The van der Waals surface area contributed by atoms with E-state index < -0.39 is 0 Å². The fraction of sp³-hybridized carbons (Fsp3) is 0.0833. The van der Waals surface area contributed by atoms with Crippen molar-refractivity contribution in [2.24, 2.45) is 0 Å². The van der Waals surface area contributed by atoms with E-state index in [1.807, 2.05) is 13.0 Å². The van der Waals surface area contributed by atoms with Gasteiger partial charge >= 0.3 is 0 Å². The van der Waals surface area contributed by atoms with Crippen molar-refractivity contribution < 1.29 is 4.79 Å². The lowest BCUT2D eigenvalue weighted by atomic mass is 10.1. The summed E-state index contributed by atoms with van der Waals surface area (Å²) in [5, 5.41) is 17.9. The highest BCUT2D eigenvalue weighted by molar-refractivity contribution is 6.04. The van der Waals surface area contributed by atoms with Gasteiger partial charge < -0.3 is 5.32 Å². The van der Waals surface area contributed by atoms with Crippen LogP contribution in [-0.4, -0.2) is 16.1 Å². The molecule has 0 aliphatic rings. The summed E-state index contributed by atoms with van der Waals surface area (Å²) in [4.78, 5) is 11.8. The molecule has 5 nitrogen and oxygen atoms in total. The van der Waals surface area contributed by atoms with Crippen LogP contribution in [0.1, 0.15) is 21.5 Å². The van der Waals surface area contributed by atoms with Gasteiger partial charge in [-0.25, -0.2) is 0 Å². The van der Waals surface area contributed by atoms with Gasteiger partial charge in [-0.2, -0.15) is 10.4 Å². The first kappa shape index (κ1) is 10.9. The third-order valence-electron chi connectivity index (χ3n) is 2.34. The molecule has 0 bridgehead atoms. The molecule has 1 aromatic carbocycles. The highest BCUT2D eigenvalue weighted by Crippen LogP contribution is 2.11. The quantitative estimate of drug-likeness (QED) is 0.819. The number of H-pyrrole nitrogens is 1. The number of benzene rings is 1. The number of nitrogens with one attached hydrogen (secondary N) is 2. The topological polar surface area (TPSA) is 81.6 Å². The summed E-state index contributed by atoms with van der Waals surface area (Å²) in [5.41, 5.74) is 1.89. The van der Waals surface area contributed by atoms with Crippen LogP contribution in [0.2, 0.25) is 0 Å². The monoisotopic (exact) mass is 226 g/mol. The summed E-state index contributed by atoms with van der Waals surface area (Å²) in [6.45, 7) is 1.85. The van der Waals surface area contributed by atoms with Gasteiger partial charge in [0.2, 0.25) is 0 Å². The molecule has 0 radical (unpaired) electrons. The molecular weight excluding hydrogens is 216 g/mol. The van der Waals surface area contributed by atoms with E-state index in [1.54, 1.807) is 30.5 Å². The van der Waals surface area contributed by atoms with Crippen molar-refractivity contribution in [3.05, 3.63) is 47.2 Å². The SMILES string of the molecule is Cc1cn[nH]c1NC(=O)c1ccc(C#N)cc1. The third kappa shape index (κ3) is 2.32. The van der Waals surface area contributed by atoms with Crippen molar-refractivity contribution in [2.75, 3.05) is 5.32 Å². The van der Waals surface area contributed by atoms with Gasteiger partial charge in [0.25, 0.3) is 5.91 Å². The fourth-order valence-electron chi connectivity index (χ4n) is 1.35. The lowest BCUT2D eigenvalue weighted by Gasteiger charge is -2.03. The maximum Gasteiger partial charge on any atom is 0.256 e. The zero-order chi connectivity index (χ0) is 12.3. The summed E-state index contributed by atoms with van der Waals surface area (Å²) >= 11 is 0. The van der Waals surface area contributed by atoms with Crippen molar-refractivity contribution >= 4 is 11.7 Å². The Morgan fingerprint density at radius 2 is 2.12 bits per heavy atom. The van der Waals surface area contributed by atoms with E-state index in [0.29, 0.717) is 16.9 Å². The molecular formula is C12H10N4O. The molecule has 5 heteroatoms. The average Bonchev–Trinajstić information content (AvgIpc) is 2.75. The minimum Gasteiger partial charge on any atom is -0.307 e. The van der Waals surface area contributed by atoms with Gasteiger partial charge in [0, 0.05) is 11.1 Å². The predicted molar refractivity (Wildman–Crippen MR) is 62.4 cm³/mol. The van der Waals surface area contributed by atoms with Crippen LogP contribution in [0.4, 0.5) is 5.82 Å². The number of amides is 1. The molecule has 0 saturated carbocycles. The predicted octanol–water partition coefficient (Wildman–Crippen LogP) is 1.84. The lowest BCUT2D eigenvalue weighted by molar-refractivity contribution is 0.102. The second-order valence-corrected chi connectivity index (χ2v) is 3.57. The van der Waals surface area contributed by atoms with E-state index in [2.05, 4.69) is 15.5 Å². The molecule has 0 aliphatic heterocycles. The summed E-state index contributed by atoms with van der Waals surface area (Å²) in [6, 6.07) is 8.43. The van der Waals surface area contributed by atoms with E-state index in [-0.39, 0.29) is 5.91 Å². The van der Waals surface area contributed by atoms with E-state index in [0.717, 1.165) is 5.56 Å². The van der Waals surface area contributed by atoms with Gasteiger partial charge in [-0.3, -0.25) is 9.89 Å². The number of aromatic amines is 1. The Balaban J connectivity index is 2.15. The maximum atomic E-state index is 11.8. The van der Waals surface area contributed by atoms with Gasteiger partial charge in [-0.05, 0) is 31.2 Å². The lowest BCUT2D eigenvalue weighted by Crippen LogP contribution is -2.12. The molecule has 2 N–H and O–H groups in total. The van der Waals surface area contributed by atoms with Crippen molar-refractivity contribution in [2.45, 2.75) is 6.92 Å². The molecule has 0 unspecified atom stereocenters. The van der Waals surface area contributed by atoms with Crippen molar-refractivity contribution in [3.63, 3.8) is 0 Å². The molecule has 17 heavy (non-hydrogen) atoms. The Hall–Kier alpha value is -2.61. The Kier molecular flexibility index (Phi) is 2.88. The Morgan fingerprint density at radius 3 is 2.65 bits per heavy atom. The normalized spacial score (nSPS) is 9.65. The number of nitriles is 1. The summed E-state index contributed by atoms with van der Waals surface area (Å²) in [5.74, 6) is 0.348. The molecule has 2 aromatic rings. The van der Waals surface area contributed by atoms with E-state index >= 15 is 0 Å². The van der Waals surface area contributed by atoms with Gasteiger partial charge in [-0.15, -0.1) is 0 Å². The molecule has 1 amide bonds. The van der Waals surface area contributed by atoms with Crippen LogP contribution in [0.3, 0.4) is 0 Å². The summed E-state index contributed by atoms with van der Waals surface area (Å²) < 4.78 is 0. The molecule has 1 aromatic heterocycles. The van der Waals surface area contributed by atoms with Crippen LogP contribution in [0.15, 0.2) is 30.5 Å². The molecule has 1 heterocycles. The largest absolute Gasteiger partial charge is 0.307 e. The molecule has 0 aliphatic carbocycles. The van der Waals surface area contributed by atoms with Crippen molar-refractivity contribution in [1.82, 2.24) is 10.2 Å². The third-order valence-corrected chi connectivity index (χ3v) is 2.34. The number of rotatable bonds is 2. The Bertz CT molecular complexity index is 577. The second-order valence-electron chi connectivity index (χ2n) is 3.57.